The van der Waals surface area contributed by atoms with Gasteiger partial charge in [0.15, 0.2) is 11.6 Å². The molecule has 1 unspecified atom stereocenters. The molecule has 1 aromatic carbocycles. The van der Waals surface area contributed by atoms with Gasteiger partial charge in [-0.15, -0.1) is 0 Å². The van der Waals surface area contributed by atoms with Crippen LogP contribution in [0.4, 0.5) is 10.1 Å². The molecule has 0 aliphatic rings. The van der Waals surface area contributed by atoms with Crippen molar-refractivity contribution < 1.29 is 18.8 Å². The van der Waals surface area contributed by atoms with Crippen molar-refractivity contribution in [1.82, 2.24) is 5.32 Å². The van der Waals surface area contributed by atoms with Crippen molar-refractivity contribution in [2.24, 2.45) is 5.73 Å². The lowest BCUT2D eigenvalue weighted by atomic mass is 10.2. The van der Waals surface area contributed by atoms with Crippen LogP contribution in [0.3, 0.4) is 0 Å². The second-order valence-electron chi connectivity index (χ2n) is 4.09. The van der Waals surface area contributed by atoms with Crippen LogP contribution in [0.1, 0.15) is 13.3 Å². The van der Waals surface area contributed by atoms with E-state index in [2.05, 4.69) is 5.32 Å². The van der Waals surface area contributed by atoms with Gasteiger partial charge >= 0.3 is 0 Å². The number of nitrogens with one attached hydrogen (secondary N) is 1. The number of hydrogen-bond acceptors (Lipinski definition) is 5. The Morgan fingerprint density at radius 3 is 2.80 bits per heavy atom. The van der Waals surface area contributed by atoms with Gasteiger partial charge in [-0.2, -0.15) is 0 Å². The van der Waals surface area contributed by atoms with Gasteiger partial charge in [0.1, 0.15) is 12.6 Å². The lowest BCUT2D eigenvalue weighted by Crippen LogP contribution is -2.45. The first kappa shape index (κ1) is 15.8. The van der Waals surface area contributed by atoms with Crippen LogP contribution in [-0.4, -0.2) is 30.0 Å². The number of ether oxygens (including phenoxy) is 1. The van der Waals surface area contributed by atoms with E-state index in [1.807, 2.05) is 6.92 Å². The first-order valence-corrected chi connectivity index (χ1v) is 6.05. The van der Waals surface area contributed by atoms with E-state index in [1.165, 1.54) is 0 Å². The third kappa shape index (κ3) is 4.47. The summed E-state index contributed by atoms with van der Waals surface area (Å²) in [6, 6.07) is 2.28. The molecule has 1 atom stereocenters. The Kier molecular flexibility index (Phi) is 5.85. The quantitative estimate of drug-likeness (QED) is 0.546. The number of nitro benzene ring substituents is 1. The van der Waals surface area contributed by atoms with Gasteiger partial charge in [-0.05, 0) is 19.0 Å². The monoisotopic (exact) mass is 285 g/mol. The van der Waals surface area contributed by atoms with Gasteiger partial charge < -0.3 is 15.8 Å². The number of non-ortho nitro benzene ring substituents is 1. The van der Waals surface area contributed by atoms with Crippen molar-refractivity contribution >= 4 is 11.6 Å². The largest absolute Gasteiger partial charge is 0.488 e. The highest BCUT2D eigenvalue weighted by atomic mass is 19.1. The van der Waals surface area contributed by atoms with Crippen molar-refractivity contribution in [2.45, 2.75) is 19.4 Å². The number of benzene rings is 1. The molecule has 110 valence electrons. The summed E-state index contributed by atoms with van der Waals surface area (Å²) < 4.78 is 18.7. The fourth-order valence-corrected chi connectivity index (χ4v) is 1.45. The van der Waals surface area contributed by atoms with Crippen LogP contribution < -0.4 is 15.8 Å². The van der Waals surface area contributed by atoms with E-state index in [9.17, 15) is 19.3 Å². The molecule has 7 nitrogen and oxygen atoms in total. The van der Waals surface area contributed by atoms with Crippen molar-refractivity contribution in [3.8, 4) is 5.75 Å². The molecule has 0 spiro atoms. The minimum Gasteiger partial charge on any atom is -0.488 e. The molecular formula is C12H16FN3O4. The first-order chi connectivity index (χ1) is 9.45. The maximum atomic E-state index is 13.5. The number of nitrogens with two attached hydrogens (primary N) is 1. The normalized spacial score (nSPS) is 11.9. The van der Waals surface area contributed by atoms with Crippen LogP contribution in [0.5, 0.6) is 5.75 Å². The number of halogens is 1. The molecule has 8 heteroatoms. The molecule has 0 radical (unpaired) electrons. The second-order valence-corrected chi connectivity index (χ2v) is 4.09. The Labute approximate surface area is 115 Å². The molecule has 0 fully saturated rings. The average Bonchev–Trinajstić information content (AvgIpc) is 2.39. The SMILES string of the molecule is CCCNC(COc1ccc([N+](=O)[O-])cc1F)C(N)=O. The summed E-state index contributed by atoms with van der Waals surface area (Å²) in [5.74, 6) is -1.64. The maximum absolute atomic E-state index is 13.5. The molecule has 0 heterocycles. The Morgan fingerprint density at radius 2 is 2.30 bits per heavy atom. The fourth-order valence-electron chi connectivity index (χ4n) is 1.45. The molecule has 1 aromatic rings. The summed E-state index contributed by atoms with van der Waals surface area (Å²) >= 11 is 0. The van der Waals surface area contributed by atoms with Crippen molar-refractivity contribution in [1.29, 1.82) is 0 Å². The number of amides is 1. The summed E-state index contributed by atoms with van der Waals surface area (Å²) in [7, 11) is 0. The molecular weight excluding hydrogens is 269 g/mol. The average molecular weight is 285 g/mol. The zero-order valence-corrected chi connectivity index (χ0v) is 11.0. The molecule has 0 saturated carbocycles. The summed E-state index contributed by atoms with van der Waals surface area (Å²) in [6.45, 7) is 2.34. The fraction of sp³-hybridized carbons (Fsp3) is 0.417. The van der Waals surface area contributed by atoms with Gasteiger partial charge in [0.25, 0.3) is 5.69 Å². The molecule has 0 aliphatic carbocycles. The van der Waals surface area contributed by atoms with Crippen LogP contribution in [0.25, 0.3) is 0 Å². The van der Waals surface area contributed by atoms with E-state index in [4.69, 9.17) is 10.5 Å². The minimum absolute atomic E-state index is 0.149. The van der Waals surface area contributed by atoms with E-state index < -0.39 is 22.7 Å². The maximum Gasteiger partial charge on any atom is 0.272 e. The number of carbonyl (C=O) groups excluding carboxylic acids is 1. The van der Waals surface area contributed by atoms with E-state index in [0.29, 0.717) is 6.54 Å². The predicted molar refractivity (Wildman–Crippen MR) is 69.8 cm³/mol. The molecule has 20 heavy (non-hydrogen) atoms. The van der Waals surface area contributed by atoms with Gasteiger partial charge in [-0.25, -0.2) is 4.39 Å². The zero-order valence-electron chi connectivity index (χ0n) is 11.0. The first-order valence-electron chi connectivity index (χ1n) is 6.05. The molecule has 0 bridgehead atoms. The molecule has 3 N–H and O–H groups in total. The van der Waals surface area contributed by atoms with Crippen LogP contribution in [-0.2, 0) is 4.79 Å². The number of nitro groups is 1. The van der Waals surface area contributed by atoms with Crippen molar-refractivity contribution in [3.63, 3.8) is 0 Å². The van der Waals surface area contributed by atoms with Gasteiger partial charge in [-0.3, -0.25) is 14.9 Å². The number of hydrogen-bond donors (Lipinski definition) is 2. The van der Waals surface area contributed by atoms with Gasteiger partial charge in [-0.1, -0.05) is 6.92 Å². The van der Waals surface area contributed by atoms with Gasteiger partial charge in [0, 0.05) is 6.07 Å². The summed E-state index contributed by atoms with van der Waals surface area (Å²) in [4.78, 5) is 20.9. The number of nitrogens with zero attached hydrogens (tertiary/aromatic N) is 1. The van der Waals surface area contributed by atoms with Crippen molar-refractivity contribution in [3.05, 3.63) is 34.1 Å². The minimum atomic E-state index is -0.863. The van der Waals surface area contributed by atoms with E-state index in [0.717, 1.165) is 24.6 Å². The highest BCUT2D eigenvalue weighted by Gasteiger charge is 2.17. The Bertz CT molecular complexity index is 496. The smallest absolute Gasteiger partial charge is 0.272 e. The van der Waals surface area contributed by atoms with E-state index >= 15 is 0 Å². The molecule has 0 aromatic heterocycles. The lowest BCUT2D eigenvalue weighted by Gasteiger charge is -2.16. The van der Waals surface area contributed by atoms with E-state index in [1.54, 1.807) is 0 Å². The number of rotatable bonds is 8. The Hall–Kier alpha value is -2.22. The summed E-state index contributed by atoms with van der Waals surface area (Å²) in [5.41, 5.74) is 4.81. The number of carbonyl (C=O) groups is 1. The highest BCUT2D eigenvalue weighted by Crippen LogP contribution is 2.22. The molecule has 0 aliphatic heterocycles. The molecule has 1 rings (SSSR count). The van der Waals surface area contributed by atoms with Crippen LogP contribution in [0.15, 0.2) is 18.2 Å². The van der Waals surface area contributed by atoms with Crippen LogP contribution in [0, 0.1) is 15.9 Å². The number of primary amides is 1. The third-order valence-corrected chi connectivity index (χ3v) is 2.52. The van der Waals surface area contributed by atoms with Crippen LogP contribution in [0.2, 0.25) is 0 Å². The zero-order chi connectivity index (χ0) is 15.1. The topological polar surface area (TPSA) is 107 Å². The van der Waals surface area contributed by atoms with Crippen LogP contribution >= 0.6 is 0 Å². The van der Waals surface area contributed by atoms with Gasteiger partial charge in [0.2, 0.25) is 5.91 Å². The third-order valence-electron chi connectivity index (χ3n) is 2.52. The molecule has 1 amide bonds. The Balaban J connectivity index is 2.68. The second kappa shape index (κ2) is 7.39. The summed E-state index contributed by atoms with van der Waals surface area (Å²) in [5, 5.41) is 13.3. The standard InChI is InChI=1S/C12H16FN3O4/c1-2-5-15-10(12(14)17)7-20-11-4-3-8(16(18)19)6-9(11)13/h3-4,6,10,15H,2,5,7H2,1H3,(H2,14,17). The Morgan fingerprint density at radius 1 is 1.60 bits per heavy atom. The summed E-state index contributed by atoms with van der Waals surface area (Å²) in [6.07, 6.45) is 0.801. The predicted octanol–water partition coefficient (Wildman–Crippen LogP) is 0.966. The van der Waals surface area contributed by atoms with Gasteiger partial charge in [0.05, 0.1) is 11.0 Å². The van der Waals surface area contributed by atoms with Crippen molar-refractivity contribution in [2.75, 3.05) is 13.2 Å². The van der Waals surface area contributed by atoms with E-state index in [-0.39, 0.29) is 18.0 Å². The lowest BCUT2D eigenvalue weighted by molar-refractivity contribution is -0.385. The molecule has 0 saturated heterocycles. The highest BCUT2D eigenvalue weighted by molar-refractivity contribution is 5.80.